The van der Waals surface area contributed by atoms with Crippen LogP contribution in [0.25, 0.3) is 0 Å². The molecule has 0 radical (unpaired) electrons. The predicted octanol–water partition coefficient (Wildman–Crippen LogP) is 2.15. The lowest BCUT2D eigenvalue weighted by Crippen LogP contribution is -1.96. The molecule has 0 atom stereocenters. The largest absolute Gasteiger partial charge is 0.496 e. The van der Waals surface area contributed by atoms with E-state index in [1.54, 1.807) is 7.11 Å². The van der Waals surface area contributed by atoms with E-state index in [2.05, 4.69) is 0 Å². The third-order valence-corrected chi connectivity index (χ3v) is 2.31. The van der Waals surface area contributed by atoms with Crippen LogP contribution in [0.2, 0.25) is 0 Å². The lowest BCUT2D eigenvalue weighted by molar-refractivity contribution is 0.410. The highest BCUT2D eigenvalue weighted by Gasteiger charge is 2.28. The molecule has 1 saturated carbocycles. The maximum Gasteiger partial charge on any atom is 0.124 e. The second-order valence-electron chi connectivity index (χ2n) is 3.24. The van der Waals surface area contributed by atoms with Gasteiger partial charge in [-0.3, -0.25) is 0 Å². The fraction of sp³-hybridized carbons (Fsp3) is 0.400. The van der Waals surface area contributed by atoms with Crippen molar-refractivity contribution in [1.82, 2.24) is 0 Å². The van der Waals surface area contributed by atoms with Gasteiger partial charge in [-0.1, -0.05) is 6.07 Å². The van der Waals surface area contributed by atoms with Crippen LogP contribution < -0.4 is 10.5 Å². The van der Waals surface area contributed by atoms with Gasteiger partial charge in [0.1, 0.15) is 5.75 Å². The summed E-state index contributed by atoms with van der Waals surface area (Å²) in [6.07, 6.45) is 2.51. The number of methoxy groups -OCH3 is 1. The van der Waals surface area contributed by atoms with Crippen molar-refractivity contribution in [2.75, 3.05) is 12.8 Å². The van der Waals surface area contributed by atoms with Gasteiger partial charge in [0.2, 0.25) is 0 Å². The van der Waals surface area contributed by atoms with E-state index in [4.69, 9.17) is 10.5 Å². The molecule has 0 bridgehead atoms. The predicted molar refractivity (Wildman–Crippen MR) is 49.4 cm³/mol. The summed E-state index contributed by atoms with van der Waals surface area (Å²) in [6, 6.07) is 5.85. The molecule has 0 saturated heterocycles. The van der Waals surface area contributed by atoms with Gasteiger partial charge in [-0.15, -0.1) is 0 Å². The van der Waals surface area contributed by atoms with Crippen molar-refractivity contribution in [2.45, 2.75) is 18.8 Å². The van der Waals surface area contributed by atoms with Crippen molar-refractivity contribution in [3.8, 4) is 5.75 Å². The Morgan fingerprint density at radius 3 is 2.75 bits per heavy atom. The summed E-state index contributed by atoms with van der Waals surface area (Å²) in [4.78, 5) is 0. The number of benzene rings is 1. The first kappa shape index (κ1) is 7.47. The maximum absolute atomic E-state index is 5.86. The minimum atomic E-state index is 0.654. The minimum absolute atomic E-state index is 0.654. The number of ether oxygens (including phenoxy) is 1. The molecule has 0 unspecified atom stereocenters. The first-order valence-electron chi connectivity index (χ1n) is 4.25. The Hall–Kier alpha value is -1.18. The Labute approximate surface area is 72.3 Å². The van der Waals surface area contributed by atoms with Crippen LogP contribution in [0.5, 0.6) is 5.75 Å². The lowest BCUT2D eigenvalue weighted by Gasteiger charge is -2.09. The molecule has 1 aromatic carbocycles. The molecule has 0 aliphatic heterocycles. The molecule has 1 aromatic rings. The van der Waals surface area contributed by atoms with E-state index in [1.807, 2.05) is 18.2 Å². The molecular weight excluding hydrogens is 150 g/mol. The molecule has 1 aliphatic carbocycles. The average Bonchev–Trinajstić information content (AvgIpc) is 2.87. The van der Waals surface area contributed by atoms with E-state index in [1.165, 1.54) is 18.4 Å². The van der Waals surface area contributed by atoms with E-state index in [0.717, 1.165) is 11.4 Å². The zero-order chi connectivity index (χ0) is 8.55. The van der Waals surface area contributed by atoms with Crippen molar-refractivity contribution in [3.63, 3.8) is 0 Å². The molecule has 0 amide bonds. The summed E-state index contributed by atoms with van der Waals surface area (Å²) >= 11 is 0. The highest BCUT2D eigenvalue weighted by Crippen LogP contribution is 2.46. The molecule has 0 spiro atoms. The SMILES string of the molecule is COc1cccc(N)c1C1CC1. The number of hydrogen-bond donors (Lipinski definition) is 1. The first-order chi connectivity index (χ1) is 5.83. The maximum atomic E-state index is 5.86. The molecule has 2 nitrogen and oxygen atoms in total. The van der Waals surface area contributed by atoms with Crippen LogP contribution in [0.1, 0.15) is 24.3 Å². The molecule has 64 valence electrons. The Kier molecular flexibility index (Phi) is 1.68. The molecule has 1 fully saturated rings. The Morgan fingerprint density at radius 1 is 1.42 bits per heavy atom. The van der Waals surface area contributed by atoms with Crippen molar-refractivity contribution in [1.29, 1.82) is 0 Å². The monoisotopic (exact) mass is 163 g/mol. The van der Waals surface area contributed by atoms with Crippen molar-refractivity contribution in [3.05, 3.63) is 23.8 Å². The Bertz CT molecular complexity index is 292. The smallest absolute Gasteiger partial charge is 0.124 e. The fourth-order valence-corrected chi connectivity index (χ4v) is 1.55. The van der Waals surface area contributed by atoms with Gasteiger partial charge in [-0.2, -0.15) is 0 Å². The van der Waals surface area contributed by atoms with Gasteiger partial charge in [0.05, 0.1) is 7.11 Å². The van der Waals surface area contributed by atoms with E-state index < -0.39 is 0 Å². The summed E-state index contributed by atoms with van der Waals surface area (Å²) in [5, 5.41) is 0. The van der Waals surface area contributed by atoms with Crippen LogP contribution in [0.4, 0.5) is 5.69 Å². The summed E-state index contributed by atoms with van der Waals surface area (Å²) in [6.45, 7) is 0. The van der Waals surface area contributed by atoms with Gasteiger partial charge in [0, 0.05) is 11.3 Å². The molecule has 12 heavy (non-hydrogen) atoms. The van der Waals surface area contributed by atoms with E-state index in [0.29, 0.717) is 5.92 Å². The standard InChI is InChI=1S/C10H13NO/c1-12-9-4-2-3-8(11)10(9)7-5-6-7/h2-4,7H,5-6,11H2,1H3. The van der Waals surface area contributed by atoms with Crippen molar-refractivity contribution in [2.24, 2.45) is 0 Å². The summed E-state index contributed by atoms with van der Waals surface area (Å²) in [5.74, 6) is 1.60. The van der Waals surface area contributed by atoms with Gasteiger partial charge in [0.15, 0.2) is 0 Å². The van der Waals surface area contributed by atoms with Crippen molar-refractivity contribution < 1.29 is 4.74 Å². The third-order valence-electron chi connectivity index (χ3n) is 2.31. The molecular formula is C10H13NO. The van der Waals surface area contributed by atoms with Crippen LogP contribution in [-0.4, -0.2) is 7.11 Å². The highest BCUT2D eigenvalue weighted by molar-refractivity contribution is 5.57. The zero-order valence-corrected chi connectivity index (χ0v) is 7.21. The van der Waals surface area contributed by atoms with Crippen LogP contribution in [0.3, 0.4) is 0 Å². The number of anilines is 1. The van der Waals surface area contributed by atoms with Gasteiger partial charge in [0.25, 0.3) is 0 Å². The van der Waals surface area contributed by atoms with Gasteiger partial charge < -0.3 is 10.5 Å². The Morgan fingerprint density at radius 2 is 2.17 bits per heavy atom. The van der Waals surface area contributed by atoms with E-state index in [-0.39, 0.29) is 0 Å². The summed E-state index contributed by atoms with van der Waals surface area (Å²) in [5.41, 5.74) is 7.94. The zero-order valence-electron chi connectivity index (χ0n) is 7.21. The molecule has 2 N–H and O–H groups in total. The summed E-state index contributed by atoms with van der Waals surface area (Å²) in [7, 11) is 1.70. The number of nitrogens with two attached hydrogens (primary N) is 1. The lowest BCUT2D eigenvalue weighted by atomic mass is 10.1. The topological polar surface area (TPSA) is 35.2 Å². The quantitative estimate of drug-likeness (QED) is 0.678. The molecule has 1 aliphatic rings. The van der Waals surface area contributed by atoms with Crippen LogP contribution in [0, 0.1) is 0 Å². The van der Waals surface area contributed by atoms with Crippen molar-refractivity contribution >= 4 is 5.69 Å². The number of nitrogen functional groups attached to an aromatic ring is 1. The third kappa shape index (κ3) is 1.13. The average molecular weight is 163 g/mol. The molecule has 2 heteroatoms. The molecule has 2 rings (SSSR count). The van der Waals surface area contributed by atoms with Crippen LogP contribution in [-0.2, 0) is 0 Å². The number of rotatable bonds is 2. The van der Waals surface area contributed by atoms with Gasteiger partial charge in [-0.05, 0) is 30.9 Å². The van der Waals surface area contributed by atoms with Crippen LogP contribution >= 0.6 is 0 Å². The normalized spacial score (nSPS) is 16.1. The first-order valence-corrected chi connectivity index (χ1v) is 4.25. The second-order valence-corrected chi connectivity index (χ2v) is 3.24. The van der Waals surface area contributed by atoms with E-state index >= 15 is 0 Å². The highest BCUT2D eigenvalue weighted by atomic mass is 16.5. The molecule has 0 heterocycles. The second kappa shape index (κ2) is 2.70. The Balaban J connectivity index is 2.45. The number of hydrogen-bond acceptors (Lipinski definition) is 2. The minimum Gasteiger partial charge on any atom is -0.496 e. The van der Waals surface area contributed by atoms with Crippen LogP contribution in [0.15, 0.2) is 18.2 Å². The molecule has 0 aromatic heterocycles. The van der Waals surface area contributed by atoms with Gasteiger partial charge in [-0.25, -0.2) is 0 Å². The summed E-state index contributed by atoms with van der Waals surface area (Å²) < 4.78 is 5.25. The van der Waals surface area contributed by atoms with E-state index in [9.17, 15) is 0 Å². The fourth-order valence-electron chi connectivity index (χ4n) is 1.55. The van der Waals surface area contributed by atoms with Gasteiger partial charge >= 0.3 is 0 Å².